The number of thiocarbonyl (C=S) groups is 1. The van der Waals surface area contributed by atoms with Gasteiger partial charge >= 0.3 is 5.97 Å². The molecule has 0 spiro atoms. The number of nitrogens with one attached hydrogen (secondary N) is 2. The highest BCUT2D eigenvalue weighted by Crippen LogP contribution is 2.17. The van der Waals surface area contributed by atoms with Crippen molar-refractivity contribution >= 4 is 23.3 Å². The number of rotatable bonds is 4. The molecule has 1 heterocycles. The van der Waals surface area contributed by atoms with E-state index in [0.29, 0.717) is 17.4 Å². The molecule has 5 nitrogen and oxygen atoms in total. The second-order valence-electron chi connectivity index (χ2n) is 3.55. The molecular weight excluding hydrogens is 228 g/mol. The first-order valence-corrected chi connectivity index (χ1v) is 5.39. The van der Waals surface area contributed by atoms with Crippen molar-refractivity contribution in [2.45, 2.75) is 13.0 Å². The molecule has 0 unspecified atom stereocenters. The van der Waals surface area contributed by atoms with Crippen molar-refractivity contribution in [3.63, 3.8) is 0 Å². The van der Waals surface area contributed by atoms with Crippen LogP contribution in [-0.2, 0) is 14.3 Å². The number of carbonyl (C=O) groups is 1. The molecule has 0 aliphatic carbocycles. The Hall–Kier alpha value is -1.14. The Bertz CT molecular complexity index is 306. The first-order chi connectivity index (χ1) is 7.56. The molecule has 0 aromatic carbocycles. The van der Waals surface area contributed by atoms with Gasteiger partial charge in [-0.3, -0.25) is 4.79 Å². The van der Waals surface area contributed by atoms with Crippen LogP contribution in [0.1, 0.15) is 6.92 Å². The minimum Gasteiger partial charge on any atom is -0.463 e. The molecule has 0 aromatic heterocycles. The van der Waals surface area contributed by atoms with Gasteiger partial charge in [0, 0.05) is 18.8 Å². The van der Waals surface area contributed by atoms with Gasteiger partial charge in [-0.15, -0.1) is 0 Å². The lowest BCUT2D eigenvalue weighted by molar-refractivity contribution is -0.149. The summed E-state index contributed by atoms with van der Waals surface area (Å²) in [7, 11) is 1.55. The lowest BCUT2D eigenvalue weighted by Gasteiger charge is -2.32. The first kappa shape index (κ1) is 12.9. The zero-order chi connectivity index (χ0) is 12.1. The fourth-order valence-electron chi connectivity index (χ4n) is 1.51. The van der Waals surface area contributed by atoms with Crippen LogP contribution in [-0.4, -0.2) is 37.4 Å². The maximum absolute atomic E-state index is 11.7. The summed E-state index contributed by atoms with van der Waals surface area (Å²) in [6, 6.07) is -0.115. The Morgan fingerprint density at radius 3 is 2.81 bits per heavy atom. The molecule has 16 heavy (non-hydrogen) atoms. The molecule has 90 valence electrons. The summed E-state index contributed by atoms with van der Waals surface area (Å²) in [6.45, 7) is 6.27. The highest BCUT2D eigenvalue weighted by atomic mass is 32.1. The van der Waals surface area contributed by atoms with Gasteiger partial charge in [-0.1, -0.05) is 6.58 Å². The quantitative estimate of drug-likeness (QED) is 0.418. The Morgan fingerprint density at radius 1 is 1.56 bits per heavy atom. The lowest BCUT2D eigenvalue weighted by atomic mass is 9.96. The molecule has 0 amide bonds. The SMILES string of the molecule is C=C1NC(=S)N[C@@H](C)[C@H]1C(=O)OCCOC. The molecule has 1 aliphatic heterocycles. The van der Waals surface area contributed by atoms with Crippen molar-refractivity contribution in [2.75, 3.05) is 20.3 Å². The van der Waals surface area contributed by atoms with E-state index in [1.54, 1.807) is 7.11 Å². The summed E-state index contributed by atoms with van der Waals surface area (Å²) in [4.78, 5) is 11.7. The second kappa shape index (κ2) is 5.81. The Balaban J connectivity index is 2.53. The number of hydrogen-bond donors (Lipinski definition) is 2. The van der Waals surface area contributed by atoms with Crippen LogP contribution in [0.15, 0.2) is 12.3 Å². The fourth-order valence-corrected chi connectivity index (χ4v) is 1.83. The summed E-state index contributed by atoms with van der Waals surface area (Å²) in [5, 5.41) is 6.27. The summed E-state index contributed by atoms with van der Waals surface area (Å²) < 4.78 is 9.85. The number of ether oxygens (including phenoxy) is 2. The number of carbonyl (C=O) groups excluding carboxylic acids is 1. The summed E-state index contributed by atoms with van der Waals surface area (Å²) in [5.41, 5.74) is 0.568. The van der Waals surface area contributed by atoms with Crippen molar-refractivity contribution in [3.05, 3.63) is 12.3 Å². The molecule has 1 fully saturated rings. The predicted molar refractivity (Wildman–Crippen MR) is 63.8 cm³/mol. The summed E-state index contributed by atoms with van der Waals surface area (Å²) in [5.74, 6) is -0.749. The van der Waals surface area contributed by atoms with E-state index in [2.05, 4.69) is 17.2 Å². The van der Waals surface area contributed by atoms with Gasteiger partial charge in [0.15, 0.2) is 5.11 Å². The molecule has 1 saturated heterocycles. The fraction of sp³-hybridized carbons (Fsp3) is 0.600. The van der Waals surface area contributed by atoms with Crippen LogP contribution >= 0.6 is 12.2 Å². The third-order valence-electron chi connectivity index (χ3n) is 2.29. The highest BCUT2D eigenvalue weighted by molar-refractivity contribution is 7.80. The number of methoxy groups -OCH3 is 1. The van der Waals surface area contributed by atoms with Crippen LogP contribution in [0, 0.1) is 5.92 Å². The van der Waals surface area contributed by atoms with E-state index >= 15 is 0 Å². The monoisotopic (exact) mass is 244 g/mol. The molecule has 0 aromatic rings. The minimum atomic E-state index is -0.427. The standard InChI is InChI=1S/C10H16N2O3S/c1-6-8(7(2)12-10(16)11-6)9(13)15-5-4-14-3/h7-8H,1,4-5H2,2-3H3,(H2,11,12,16)/t7-,8-/m0/s1. The number of hydrogen-bond acceptors (Lipinski definition) is 4. The zero-order valence-electron chi connectivity index (χ0n) is 9.41. The van der Waals surface area contributed by atoms with Gasteiger partial charge in [-0.25, -0.2) is 0 Å². The van der Waals surface area contributed by atoms with Crippen LogP contribution in [0.2, 0.25) is 0 Å². The molecule has 2 atom stereocenters. The average molecular weight is 244 g/mol. The van der Waals surface area contributed by atoms with Gasteiger partial charge in [-0.2, -0.15) is 0 Å². The maximum atomic E-state index is 11.7. The Labute approximate surface area is 100 Å². The largest absolute Gasteiger partial charge is 0.463 e. The van der Waals surface area contributed by atoms with Crippen molar-refractivity contribution in [1.82, 2.24) is 10.6 Å². The van der Waals surface area contributed by atoms with E-state index < -0.39 is 5.92 Å². The van der Waals surface area contributed by atoms with Crippen LogP contribution < -0.4 is 10.6 Å². The van der Waals surface area contributed by atoms with E-state index in [4.69, 9.17) is 21.7 Å². The smallest absolute Gasteiger partial charge is 0.317 e. The highest BCUT2D eigenvalue weighted by Gasteiger charge is 2.33. The van der Waals surface area contributed by atoms with Gasteiger partial charge in [-0.05, 0) is 19.1 Å². The van der Waals surface area contributed by atoms with Gasteiger partial charge in [0.2, 0.25) is 0 Å². The van der Waals surface area contributed by atoms with Crippen molar-refractivity contribution in [2.24, 2.45) is 5.92 Å². The normalized spacial score (nSPS) is 24.6. The molecule has 0 radical (unpaired) electrons. The average Bonchev–Trinajstić information content (AvgIpc) is 2.16. The van der Waals surface area contributed by atoms with E-state index in [0.717, 1.165) is 0 Å². The maximum Gasteiger partial charge on any atom is 0.317 e. The van der Waals surface area contributed by atoms with Crippen LogP contribution in [0.3, 0.4) is 0 Å². The Morgan fingerprint density at radius 2 is 2.25 bits per heavy atom. The van der Waals surface area contributed by atoms with Crippen molar-refractivity contribution in [1.29, 1.82) is 0 Å². The predicted octanol–water partition coefficient (Wildman–Crippen LogP) is 0.172. The van der Waals surface area contributed by atoms with Crippen LogP contribution in [0.4, 0.5) is 0 Å². The van der Waals surface area contributed by atoms with Gasteiger partial charge < -0.3 is 20.1 Å². The van der Waals surface area contributed by atoms with Crippen molar-refractivity contribution < 1.29 is 14.3 Å². The molecule has 6 heteroatoms. The van der Waals surface area contributed by atoms with E-state index in [-0.39, 0.29) is 18.6 Å². The minimum absolute atomic E-state index is 0.115. The number of esters is 1. The van der Waals surface area contributed by atoms with E-state index in [1.807, 2.05) is 6.92 Å². The van der Waals surface area contributed by atoms with Crippen LogP contribution in [0.5, 0.6) is 0 Å². The third-order valence-corrected chi connectivity index (χ3v) is 2.51. The van der Waals surface area contributed by atoms with Gasteiger partial charge in [0.05, 0.1) is 6.61 Å². The van der Waals surface area contributed by atoms with Gasteiger partial charge in [0.1, 0.15) is 12.5 Å². The second-order valence-corrected chi connectivity index (χ2v) is 3.96. The van der Waals surface area contributed by atoms with E-state index in [9.17, 15) is 4.79 Å². The molecule has 0 saturated carbocycles. The van der Waals surface area contributed by atoms with Crippen molar-refractivity contribution in [3.8, 4) is 0 Å². The third kappa shape index (κ3) is 3.18. The topological polar surface area (TPSA) is 59.6 Å². The molecule has 1 rings (SSSR count). The Kier molecular flexibility index (Phi) is 4.70. The summed E-state index contributed by atoms with van der Waals surface area (Å²) in [6.07, 6.45) is 0. The van der Waals surface area contributed by atoms with E-state index in [1.165, 1.54) is 0 Å². The molecule has 0 bridgehead atoms. The molecule has 1 aliphatic rings. The zero-order valence-corrected chi connectivity index (χ0v) is 10.2. The van der Waals surface area contributed by atoms with Crippen LogP contribution in [0.25, 0.3) is 0 Å². The molecule has 2 N–H and O–H groups in total. The summed E-state index contributed by atoms with van der Waals surface area (Å²) >= 11 is 4.95. The van der Waals surface area contributed by atoms with Gasteiger partial charge in [0.25, 0.3) is 0 Å². The lowest BCUT2D eigenvalue weighted by Crippen LogP contribution is -2.54. The first-order valence-electron chi connectivity index (χ1n) is 4.98. The molecular formula is C10H16N2O3S.